The monoisotopic (exact) mass is 616 g/mol. The summed E-state index contributed by atoms with van der Waals surface area (Å²) >= 11 is 0. The number of hydrogen-bond donors (Lipinski definition) is 0. The molecule has 0 heterocycles. The maximum atomic E-state index is 10.5. The molecule has 0 rings (SSSR count). The summed E-state index contributed by atoms with van der Waals surface area (Å²) in [5.41, 5.74) is 0. The molecule has 0 unspecified atom stereocenters. The molecule has 0 amide bonds. The normalized spacial score (nSPS) is 11.0. The van der Waals surface area contributed by atoms with Crippen LogP contribution in [0.15, 0.2) is 0 Å². The molecule has 0 aliphatic carbocycles. The minimum absolute atomic E-state index is 0. The second-order valence-electron chi connectivity index (χ2n) is 3.93. The standard InChI is InChI=1S/5C2HF3O2.V/c5*3-2(4,5)1(6)7;/h5*(H,6,7);/p-5. The molecule has 0 aliphatic rings. The van der Waals surface area contributed by atoms with E-state index in [2.05, 4.69) is 0 Å². The molecule has 26 heteroatoms. The fraction of sp³-hybridized carbons (Fsp3) is 0.500. The van der Waals surface area contributed by atoms with Crippen molar-refractivity contribution in [2.75, 3.05) is 0 Å². The van der Waals surface area contributed by atoms with Crippen molar-refractivity contribution in [3.05, 3.63) is 0 Å². The molecule has 0 saturated heterocycles. The Bertz CT molecular complexity index is 563. The van der Waals surface area contributed by atoms with Crippen LogP contribution in [-0.2, 0) is 42.5 Å². The molecule has 0 aliphatic heterocycles. The Kier molecular flexibility index (Phi) is 22.3. The third kappa shape index (κ3) is 38.2. The topological polar surface area (TPSA) is 201 Å². The third-order valence-corrected chi connectivity index (χ3v) is 1.16. The fourth-order valence-electron chi connectivity index (χ4n) is 0. The Morgan fingerprint density at radius 2 is 0.333 bits per heavy atom. The third-order valence-electron chi connectivity index (χ3n) is 1.16. The van der Waals surface area contributed by atoms with E-state index in [0.29, 0.717) is 0 Å². The van der Waals surface area contributed by atoms with Gasteiger partial charge in [0, 0.05) is 18.6 Å². The van der Waals surface area contributed by atoms with Crippen LogP contribution >= 0.6 is 0 Å². The number of rotatable bonds is 0. The van der Waals surface area contributed by atoms with Crippen molar-refractivity contribution in [1.29, 1.82) is 0 Å². The van der Waals surface area contributed by atoms with E-state index in [1.807, 2.05) is 0 Å². The average Bonchev–Trinajstić information content (AvgIpc) is 2.52. The molecule has 215 valence electrons. The summed E-state index contributed by atoms with van der Waals surface area (Å²) in [5.74, 6) is -15.0. The molecule has 0 aromatic heterocycles. The molecule has 0 aromatic rings. The van der Waals surface area contributed by atoms with Gasteiger partial charge < -0.3 is 49.5 Å². The summed E-state index contributed by atoms with van der Waals surface area (Å²) < 4.78 is 158. The van der Waals surface area contributed by atoms with Gasteiger partial charge in [-0.15, -0.1) is 0 Å². The van der Waals surface area contributed by atoms with Crippen LogP contribution in [0.4, 0.5) is 65.9 Å². The quantitative estimate of drug-likeness (QED) is 0.246. The van der Waals surface area contributed by atoms with Gasteiger partial charge >= 0.3 is 30.9 Å². The van der Waals surface area contributed by atoms with Gasteiger partial charge in [-0.2, -0.15) is 65.9 Å². The van der Waals surface area contributed by atoms with Crippen LogP contribution in [0.5, 0.6) is 0 Å². The van der Waals surface area contributed by atoms with Gasteiger partial charge in [-0.05, 0) is 0 Å². The average molecular weight is 616 g/mol. The number of aliphatic carboxylic acids is 5. The first-order valence-electron chi connectivity index (χ1n) is 6.13. The van der Waals surface area contributed by atoms with Gasteiger partial charge in [0.15, 0.2) is 0 Å². The number of carbonyl (C=O) groups excluding carboxylic acids is 5. The molecule has 10 nitrogen and oxygen atoms in total. The largest absolute Gasteiger partial charge is 0.542 e. The van der Waals surface area contributed by atoms with Crippen molar-refractivity contribution in [2.24, 2.45) is 0 Å². The Hall–Kier alpha value is -3.12. The van der Waals surface area contributed by atoms with Crippen LogP contribution < -0.4 is 25.5 Å². The van der Waals surface area contributed by atoms with Crippen molar-refractivity contribution < 1.29 is 134 Å². The van der Waals surface area contributed by atoms with Crippen LogP contribution in [0, 0.1) is 0 Å². The Labute approximate surface area is 195 Å². The minimum Gasteiger partial charge on any atom is -0.542 e. The summed E-state index contributed by atoms with van der Waals surface area (Å²) in [6.45, 7) is 0. The Morgan fingerprint density at radius 1 is 0.306 bits per heavy atom. The minimum atomic E-state index is -5.19. The fourth-order valence-corrected chi connectivity index (χ4v) is 0. The van der Waals surface area contributed by atoms with E-state index >= 15 is 0 Å². The van der Waals surface area contributed by atoms with Crippen LogP contribution in [0.25, 0.3) is 0 Å². The van der Waals surface area contributed by atoms with Gasteiger partial charge in [-0.1, -0.05) is 0 Å². The molecule has 0 atom stereocenters. The van der Waals surface area contributed by atoms with Gasteiger partial charge in [0.05, 0.1) is 0 Å². The van der Waals surface area contributed by atoms with Crippen LogP contribution in [0.2, 0.25) is 0 Å². The maximum absolute atomic E-state index is 10.5. The molecule has 0 fully saturated rings. The smallest absolute Gasteiger partial charge is 0.430 e. The second-order valence-corrected chi connectivity index (χ2v) is 3.93. The van der Waals surface area contributed by atoms with Crippen LogP contribution in [0.1, 0.15) is 0 Å². The number of carboxylic acid groups (broad SMARTS) is 5. The zero-order valence-corrected chi connectivity index (χ0v) is 16.6. The molecule has 0 N–H and O–H groups in total. The molecule has 0 aromatic carbocycles. The number of halogens is 15. The summed E-state index contributed by atoms with van der Waals surface area (Å²) in [6, 6.07) is 0. The maximum Gasteiger partial charge on any atom is 0.430 e. The second kappa shape index (κ2) is 17.3. The molecule has 36 heavy (non-hydrogen) atoms. The summed E-state index contributed by atoms with van der Waals surface area (Å²) in [7, 11) is 0. The van der Waals surface area contributed by atoms with E-state index in [-0.39, 0.29) is 18.6 Å². The molecule has 0 saturated carbocycles. The van der Waals surface area contributed by atoms with Crippen LogP contribution in [0.3, 0.4) is 0 Å². The predicted octanol–water partition coefficient (Wildman–Crippen LogP) is -3.51. The Balaban J connectivity index is -0.0000000776. The number of carboxylic acids is 5. The van der Waals surface area contributed by atoms with Crippen molar-refractivity contribution in [3.63, 3.8) is 0 Å². The predicted molar refractivity (Wildman–Crippen MR) is 55.3 cm³/mol. The van der Waals surface area contributed by atoms with E-state index < -0.39 is 60.7 Å². The summed E-state index contributed by atoms with van der Waals surface area (Å²) in [4.78, 5) is 43.9. The molecular weight excluding hydrogens is 616 g/mol. The van der Waals surface area contributed by atoms with Gasteiger partial charge in [-0.25, -0.2) is 0 Å². The molecule has 0 spiro atoms. The summed E-state index contributed by atoms with van der Waals surface area (Å²) in [6.07, 6.45) is -26.0. The molecule has 1 radical (unpaired) electrons. The Morgan fingerprint density at radius 3 is 0.333 bits per heavy atom. The van der Waals surface area contributed by atoms with Crippen molar-refractivity contribution >= 4 is 29.8 Å². The molecule has 0 bridgehead atoms. The first kappa shape index (κ1) is 46.3. The van der Waals surface area contributed by atoms with E-state index in [9.17, 15) is 65.9 Å². The van der Waals surface area contributed by atoms with Crippen molar-refractivity contribution in [2.45, 2.75) is 30.9 Å². The first-order valence-corrected chi connectivity index (χ1v) is 6.13. The van der Waals surface area contributed by atoms with Gasteiger partial charge in [0.1, 0.15) is 29.8 Å². The molecular formula is C10F15O10V-5. The van der Waals surface area contributed by atoms with Crippen molar-refractivity contribution in [1.82, 2.24) is 0 Å². The van der Waals surface area contributed by atoms with E-state index in [4.69, 9.17) is 49.5 Å². The first-order chi connectivity index (χ1) is 14.7. The van der Waals surface area contributed by atoms with Gasteiger partial charge in [0.2, 0.25) is 0 Å². The van der Waals surface area contributed by atoms with Gasteiger partial charge in [-0.3, -0.25) is 0 Å². The van der Waals surface area contributed by atoms with Gasteiger partial charge in [0.25, 0.3) is 0 Å². The zero-order valence-electron chi connectivity index (χ0n) is 15.2. The van der Waals surface area contributed by atoms with E-state index in [1.165, 1.54) is 0 Å². The van der Waals surface area contributed by atoms with Crippen molar-refractivity contribution in [3.8, 4) is 0 Å². The van der Waals surface area contributed by atoms with Crippen LogP contribution in [-0.4, -0.2) is 60.7 Å². The summed E-state index contributed by atoms with van der Waals surface area (Å²) in [5, 5.41) is 43.9. The number of alkyl halides is 15. The number of hydrogen-bond acceptors (Lipinski definition) is 10. The number of carbonyl (C=O) groups is 5. The van der Waals surface area contributed by atoms with E-state index in [1.54, 1.807) is 0 Å². The SMILES string of the molecule is O=C([O-])C(F)(F)F.O=C([O-])C(F)(F)F.O=C([O-])C(F)(F)F.O=C([O-])C(F)(F)F.O=C([O-])C(F)(F)F.[V]. The zero-order chi connectivity index (χ0) is 30.4. The van der Waals surface area contributed by atoms with E-state index in [0.717, 1.165) is 0 Å².